The van der Waals surface area contributed by atoms with E-state index >= 15 is 0 Å². The quantitative estimate of drug-likeness (QED) is 0.684. The summed E-state index contributed by atoms with van der Waals surface area (Å²) in [4.78, 5) is 4.00. The minimum absolute atomic E-state index is 0.301. The van der Waals surface area contributed by atoms with Crippen LogP contribution in [0.4, 0.5) is 5.88 Å². The minimum Gasteiger partial charge on any atom is -0.367 e. The molecule has 3 aromatic heterocycles. The summed E-state index contributed by atoms with van der Waals surface area (Å²) in [7, 11) is 0. The molecule has 96 valence electrons. The third kappa shape index (κ3) is 2.33. The molecule has 7 heteroatoms. The number of hydrogen-bond donors (Lipinski definition) is 1. The van der Waals surface area contributed by atoms with Crippen LogP contribution in [0, 0.1) is 0 Å². The molecule has 0 aliphatic rings. The van der Waals surface area contributed by atoms with Crippen molar-refractivity contribution >= 4 is 49.1 Å². The van der Waals surface area contributed by atoms with Gasteiger partial charge < -0.3 is 10.3 Å². The zero-order valence-corrected chi connectivity index (χ0v) is 13.4. The van der Waals surface area contributed by atoms with Crippen molar-refractivity contribution in [2.45, 2.75) is 0 Å². The van der Waals surface area contributed by atoms with Crippen molar-refractivity contribution in [3.05, 3.63) is 38.2 Å². The van der Waals surface area contributed by atoms with E-state index in [1.807, 2.05) is 18.2 Å². The molecule has 4 nitrogen and oxygen atoms in total. The summed E-state index contributed by atoms with van der Waals surface area (Å²) in [5.41, 5.74) is 9.28. The molecule has 0 amide bonds. The summed E-state index contributed by atoms with van der Waals surface area (Å²) in [6.45, 7) is 0. The fourth-order valence-corrected chi connectivity index (χ4v) is 4.59. The first kappa shape index (κ1) is 12.8. The summed E-state index contributed by atoms with van der Waals surface area (Å²) in [6, 6.07) is 5.74. The van der Waals surface area contributed by atoms with Gasteiger partial charge in [0, 0.05) is 18.0 Å². The van der Waals surface area contributed by atoms with Crippen molar-refractivity contribution in [1.29, 1.82) is 0 Å². The van der Waals surface area contributed by atoms with Gasteiger partial charge in [0.05, 0.1) is 13.1 Å². The molecule has 19 heavy (non-hydrogen) atoms. The van der Waals surface area contributed by atoms with Crippen molar-refractivity contribution < 1.29 is 4.52 Å². The predicted octanol–water partition coefficient (Wildman–Crippen LogP) is 4.57. The second-order valence-electron chi connectivity index (χ2n) is 3.74. The normalized spacial score (nSPS) is 10.8. The molecule has 0 fully saturated rings. The smallest absolute Gasteiger partial charge is 0.230 e. The number of thiophene rings is 1. The van der Waals surface area contributed by atoms with E-state index in [4.69, 9.17) is 10.3 Å². The number of hydrogen-bond acceptors (Lipinski definition) is 5. The van der Waals surface area contributed by atoms with Crippen LogP contribution in [-0.2, 0) is 0 Å². The van der Waals surface area contributed by atoms with Gasteiger partial charge in [-0.1, -0.05) is 5.16 Å². The van der Waals surface area contributed by atoms with E-state index in [0.717, 1.165) is 30.0 Å². The molecule has 0 aliphatic heterocycles. The second-order valence-corrected chi connectivity index (χ2v) is 7.49. The molecule has 3 aromatic rings. The maximum absolute atomic E-state index is 5.89. The van der Waals surface area contributed by atoms with E-state index in [0.29, 0.717) is 5.88 Å². The summed E-state index contributed by atoms with van der Waals surface area (Å²) in [6.07, 6.45) is 3.42. The fourth-order valence-electron chi connectivity index (χ4n) is 1.79. The Kier molecular flexibility index (Phi) is 3.42. The highest BCUT2D eigenvalue weighted by Crippen LogP contribution is 2.43. The molecular formula is C12H7Br2N3OS. The standard InChI is InChI=1S/C12H7Br2N3OS/c13-8-5-7(11(14)19-8)10-9(12(15)18-17-10)6-1-3-16-4-2-6/h1-5H,15H2. The average molecular weight is 401 g/mol. The highest BCUT2D eigenvalue weighted by atomic mass is 79.9. The lowest BCUT2D eigenvalue weighted by Crippen LogP contribution is -1.87. The fraction of sp³-hybridized carbons (Fsp3) is 0. The van der Waals surface area contributed by atoms with E-state index < -0.39 is 0 Å². The van der Waals surface area contributed by atoms with Crippen molar-refractivity contribution in [1.82, 2.24) is 10.1 Å². The lowest BCUT2D eigenvalue weighted by atomic mass is 10.0. The Labute approximate surface area is 129 Å². The van der Waals surface area contributed by atoms with Crippen LogP contribution in [0.1, 0.15) is 0 Å². The van der Waals surface area contributed by atoms with Gasteiger partial charge in [0.1, 0.15) is 5.69 Å². The van der Waals surface area contributed by atoms with Crippen LogP contribution in [0.25, 0.3) is 22.4 Å². The molecule has 0 atom stereocenters. The maximum Gasteiger partial charge on any atom is 0.230 e. The van der Waals surface area contributed by atoms with Crippen LogP contribution in [0.5, 0.6) is 0 Å². The first-order valence-corrected chi connectivity index (χ1v) is 7.68. The lowest BCUT2D eigenvalue weighted by Gasteiger charge is -2.01. The molecule has 0 bridgehead atoms. The highest BCUT2D eigenvalue weighted by Gasteiger charge is 2.20. The van der Waals surface area contributed by atoms with E-state index in [2.05, 4.69) is 42.0 Å². The van der Waals surface area contributed by atoms with Crippen LogP contribution in [0.2, 0.25) is 0 Å². The summed E-state index contributed by atoms with van der Waals surface area (Å²) >= 11 is 8.56. The van der Waals surface area contributed by atoms with Gasteiger partial charge in [-0.05, 0) is 55.6 Å². The minimum atomic E-state index is 0.301. The first-order valence-electron chi connectivity index (χ1n) is 5.27. The molecule has 0 saturated heterocycles. The van der Waals surface area contributed by atoms with Gasteiger partial charge in [-0.2, -0.15) is 0 Å². The second kappa shape index (κ2) is 5.07. The third-order valence-electron chi connectivity index (χ3n) is 2.60. The van der Waals surface area contributed by atoms with E-state index in [9.17, 15) is 0 Å². The van der Waals surface area contributed by atoms with Crippen LogP contribution in [-0.4, -0.2) is 10.1 Å². The Bertz CT molecular complexity index is 724. The van der Waals surface area contributed by atoms with E-state index in [1.54, 1.807) is 23.7 Å². The van der Waals surface area contributed by atoms with E-state index in [-0.39, 0.29) is 0 Å². The number of nitrogens with zero attached hydrogens (tertiary/aromatic N) is 2. The Morgan fingerprint density at radius 1 is 1.21 bits per heavy atom. The molecule has 0 aliphatic carbocycles. The topological polar surface area (TPSA) is 64.9 Å². The predicted molar refractivity (Wildman–Crippen MR) is 82.9 cm³/mol. The van der Waals surface area contributed by atoms with Gasteiger partial charge in [0.2, 0.25) is 5.88 Å². The number of nitrogen functional groups attached to an aromatic ring is 1. The number of rotatable bonds is 2. The lowest BCUT2D eigenvalue weighted by molar-refractivity contribution is 0.439. The highest BCUT2D eigenvalue weighted by molar-refractivity contribution is 9.12. The number of anilines is 1. The molecule has 0 saturated carbocycles. The maximum atomic E-state index is 5.89. The van der Waals surface area contributed by atoms with Crippen molar-refractivity contribution in [3.8, 4) is 22.4 Å². The van der Waals surface area contributed by atoms with Crippen molar-refractivity contribution in [2.24, 2.45) is 0 Å². The third-order valence-corrected chi connectivity index (χ3v) is 4.94. The zero-order chi connectivity index (χ0) is 13.4. The monoisotopic (exact) mass is 399 g/mol. The molecule has 0 aromatic carbocycles. The van der Waals surface area contributed by atoms with Gasteiger partial charge in [-0.15, -0.1) is 11.3 Å². The Balaban J connectivity index is 2.22. The average Bonchev–Trinajstić information content (AvgIpc) is 2.93. The van der Waals surface area contributed by atoms with Crippen LogP contribution in [0.15, 0.2) is 42.7 Å². The molecule has 0 radical (unpaired) electrons. The van der Waals surface area contributed by atoms with E-state index in [1.165, 1.54) is 0 Å². The number of pyridine rings is 1. The number of halogens is 2. The summed E-state index contributed by atoms with van der Waals surface area (Å²) in [5, 5.41) is 4.07. The Morgan fingerprint density at radius 2 is 1.95 bits per heavy atom. The van der Waals surface area contributed by atoms with Gasteiger partial charge in [-0.3, -0.25) is 4.98 Å². The first-order chi connectivity index (χ1) is 9.16. The summed E-state index contributed by atoms with van der Waals surface area (Å²) in [5.74, 6) is 0.301. The van der Waals surface area contributed by atoms with Gasteiger partial charge in [0.25, 0.3) is 0 Å². The van der Waals surface area contributed by atoms with Crippen molar-refractivity contribution in [3.63, 3.8) is 0 Å². The SMILES string of the molecule is Nc1onc(-c2cc(Br)sc2Br)c1-c1ccncc1. The Morgan fingerprint density at radius 3 is 2.58 bits per heavy atom. The van der Waals surface area contributed by atoms with Gasteiger partial charge in [-0.25, -0.2) is 0 Å². The zero-order valence-electron chi connectivity index (χ0n) is 9.43. The van der Waals surface area contributed by atoms with Gasteiger partial charge in [0.15, 0.2) is 0 Å². The van der Waals surface area contributed by atoms with Crippen LogP contribution < -0.4 is 5.73 Å². The molecule has 2 N–H and O–H groups in total. The molecule has 3 rings (SSSR count). The summed E-state index contributed by atoms with van der Waals surface area (Å²) < 4.78 is 7.13. The van der Waals surface area contributed by atoms with Gasteiger partial charge >= 0.3 is 0 Å². The largest absolute Gasteiger partial charge is 0.367 e. The van der Waals surface area contributed by atoms with Crippen molar-refractivity contribution in [2.75, 3.05) is 5.73 Å². The molecule has 0 unspecified atom stereocenters. The Hall–Kier alpha value is -1.18. The number of aromatic nitrogens is 2. The van der Waals surface area contributed by atoms with Crippen LogP contribution >= 0.6 is 43.2 Å². The number of nitrogens with two attached hydrogens (primary N) is 1. The molecule has 3 heterocycles. The van der Waals surface area contributed by atoms with Crippen LogP contribution in [0.3, 0.4) is 0 Å². The molecule has 0 spiro atoms. The molecular weight excluding hydrogens is 394 g/mol.